The number of amides is 1. The summed E-state index contributed by atoms with van der Waals surface area (Å²) >= 11 is 3.45. The summed E-state index contributed by atoms with van der Waals surface area (Å²) in [5.41, 5.74) is 6.67. The Morgan fingerprint density at radius 2 is 2.35 bits per heavy atom. The lowest BCUT2D eigenvalue weighted by molar-refractivity contribution is -0.0229. The zero-order chi connectivity index (χ0) is 16.6. The average molecular weight is 358 g/mol. The topological polar surface area (TPSA) is 130 Å². The van der Waals surface area contributed by atoms with E-state index in [0.717, 1.165) is 0 Å². The van der Waals surface area contributed by atoms with Crippen molar-refractivity contribution in [1.29, 1.82) is 0 Å². The van der Waals surface area contributed by atoms with Crippen molar-refractivity contribution in [2.75, 3.05) is 6.61 Å². The predicted octanol–water partition coefficient (Wildman–Crippen LogP) is 1.25. The summed E-state index contributed by atoms with van der Waals surface area (Å²) in [6.45, 7) is -3.86. The van der Waals surface area contributed by atoms with Crippen LogP contribution in [0, 0.1) is 0 Å². The maximum Gasteiger partial charge on any atom is 0.383 e. The molecule has 1 aromatic heterocycles. The van der Waals surface area contributed by atoms with E-state index in [0.29, 0.717) is 29.4 Å². The quantitative estimate of drug-likeness (QED) is 0.542. The van der Waals surface area contributed by atoms with Crippen molar-refractivity contribution in [3.05, 3.63) is 23.8 Å². The van der Waals surface area contributed by atoms with Crippen LogP contribution >= 0.6 is 19.0 Å². The molecule has 1 aliphatic heterocycles. The van der Waals surface area contributed by atoms with E-state index in [9.17, 15) is 9.36 Å². The van der Waals surface area contributed by atoms with Gasteiger partial charge in [0, 0.05) is 0 Å². The number of carbonyl (C=O) groups is 1. The van der Waals surface area contributed by atoms with E-state index in [-0.39, 0.29) is 12.7 Å². The van der Waals surface area contributed by atoms with Crippen molar-refractivity contribution in [2.45, 2.75) is 25.2 Å². The molecule has 0 unspecified atom stereocenters. The maximum atomic E-state index is 11.4. The minimum absolute atomic E-state index is 0.0348. The van der Waals surface area contributed by atoms with E-state index in [2.05, 4.69) is 22.6 Å². The van der Waals surface area contributed by atoms with Crippen molar-refractivity contribution in [3.8, 4) is 0 Å². The first kappa shape index (κ1) is 16.4. The molecule has 1 aliphatic rings. The number of fused-ring (bicyclic) bond motifs is 1. The number of carbonyl (C=O) groups excluding carboxylic acids is 1. The van der Waals surface area contributed by atoms with Gasteiger partial charge in [0.1, 0.15) is 5.52 Å². The van der Waals surface area contributed by atoms with Gasteiger partial charge in [-0.05, 0) is 25.0 Å². The molecule has 0 radical (unpaired) electrons. The van der Waals surface area contributed by atoms with Crippen LogP contribution in [0.5, 0.6) is 0 Å². The van der Waals surface area contributed by atoms with E-state index < -0.39 is 18.9 Å². The highest BCUT2D eigenvalue weighted by Gasteiger charge is 2.30. The van der Waals surface area contributed by atoms with Crippen LogP contribution in [0.2, 0.25) is 0 Å². The second kappa shape index (κ2) is 6.21. The Balaban J connectivity index is 1.78. The second-order valence-electron chi connectivity index (χ2n) is 5.15. The normalized spacial score (nSPS) is 23.9. The first-order valence-corrected chi connectivity index (χ1v) is 9.57. The van der Waals surface area contributed by atoms with Gasteiger partial charge in [-0.15, -0.1) is 5.10 Å². The van der Waals surface area contributed by atoms with E-state index >= 15 is 0 Å². The largest absolute Gasteiger partial charge is 0.383 e. The number of primary amides is 1. The lowest BCUT2D eigenvalue weighted by Crippen LogP contribution is -2.16. The molecule has 0 saturated carbocycles. The third kappa shape index (κ3) is 3.56. The maximum absolute atomic E-state index is 11.4. The van der Waals surface area contributed by atoms with Crippen LogP contribution in [-0.2, 0) is 13.8 Å². The molecule has 0 spiro atoms. The standard InChI is InChI=1S/C12H15N4O5PS/c13-12(17)8-2-1-3-9-11(8)14-15-16(9)10-5-4-7(21-10)6-20-22(18,19)23/h1-3,7,10H,4-6H2,(H2,13,17)(H2,18,19,23)/t7-,10+/m0/s1. The van der Waals surface area contributed by atoms with Crippen LogP contribution in [0.15, 0.2) is 18.2 Å². The molecule has 3 atom stereocenters. The highest BCUT2D eigenvalue weighted by atomic mass is 32.7. The fraction of sp³-hybridized carbons (Fsp3) is 0.417. The Kier molecular flexibility index (Phi) is 4.43. The first-order valence-electron chi connectivity index (χ1n) is 6.84. The summed E-state index contributed by atoms with van der Waals surface area (Å²) in [4.78, 5) is 20.4. The number of benzene rings is 1. The summed E-state index contributed by atoms with van der Waals surface area (Å²) in [7, 11) is 0. The fourth-order valence-electron chi connectivity index (χ4n) is 2.54. The minimum atomic E-state index is -3.83. The average Bonchev–Trinajstić information content (AvgIpc) is 3.10. The van der Waals surface area contributed by atoms with Crippen LogP contribution in [0.4, 0.5) is 0 Å². The lowest BCUT2D eigenvalue weighted by Gasteiger charge is -2.15. The molecule has 3 rings (SSSR count). The fourth-order valence-corrected chi connectivity index (χ4v) is 3.10. The Bertz CT molecular complexity index is 791. The number of rotatable bonds is 5. The van der Waals surface area contributed by atoms with Gasteiger partial charge in [-0.1, -0.05) is 23.5 Å². The molecule has 0 bridgehead atoms. The van der Waals surface area contributed by atoms with Gasteiger partial charge in [-0.3, -0.25) is 9.32 Å². The molecule has 1 aromatic carbocycles. The smallest absolute Gasteiger partial charge is 0.366 e. The van der Waals surface area contributed by atoms with Gasteiger partial charge in [-0.2, -0.15) is 0 Å². The number of thiol groups is 1. The summed E-state index contributed by atoms with van der Waals surface area (Å²) in [6, 6.07) is 5.05. The number of ether oxygens (including phenoxy) is 1. The van der Waals surface area contributed by atoms with Crippen molar-refractivity contribution in [2.24, 2.45) is 5.73 Å². The van der Waals surface area contributed by atoms with Gasteiger partial charge in [0.2, 0.25) is 0 Å². The number of aromatic nitrogens is 3. The lowest BCUT2D eigenvalue weighted by atomic mass is 10.1. The van der Waals surface area contributed by atoms with Crippen LogP contribution in [0.3, 0.4) is 0 Å². The van der Waals surface area contributed by atoms with Crippen molar-refractivity contribution < 1.29 is 23.5 Å². The SMILES string of the molecule is NC(=O)c1cccc2c1nnn2[C@H]1CC[C@@H](CO[P@](=O)(O)S)O1. The van der Waals surface area contributed by atoms with Gasteiger partial charge in [0.25, 0.3) is 5.91 Å². The van der Waals surface area contributed by atoms with E-state index in [4.69, 9.17) is 19.9 Å². The zero-order valence-corrected chi connectivity index (χ0v) is 13.7. The van der Waals surface area contributed by atoms with Crippen molar-refractivity contribution in [3.63, 3.8) is 0 Å². The molecule has 2 heterocycles. The van der Waals surface area contributed by atoms with Crippen LogP contribution in [0.1, 0.15) is 29.4 Å². The third-order valence-electron chi connectivity index (χ3n) is 3.55. The highest BCUT2D eigenvalue weighted by molar-refractivity contribution is 8.44. The highest BCUT2D eigenvalue weighted by Crippen LogP contribution is 2.47. The molecule has 3 N–H and O–H groups in total. The second-order valence-corrected chi connectivity index (χ2v) is 7.90. The summed E-state index contributed by atoms with van der Waals surface area (Å²) in [6.07, 6.45) is 0.533. The molecular formula is C12H15N4O5PS. The molecule has 11 heteroatoms. The Hall–Kier alpha value is -1.45. The Morgan fingerprint density at radius 1 is 1.57 bits per heavy atom. The van der Waals surface area contributed by atoms with Crippen LogP contribution < -0.4 is 5.73 Å². The van der Waals surface area contributed by atoms with E-state index in [1.54, 1.807) is 22.9 Å². The number of nitrogens with zero attached hydrogens (tertiary/aromatic N) is 3. The minimum Gasteiger partial charge on any atom is -0.366 e. The van der Waals surface area contributed by atoms with Crippen LogP contribution in [-0.4, -0.2) is 38.5 Å². The molecule has 9 nitrogen and oxygen atoms in total. The zero-order valence-electron chi connectivity index (χ0n) is 11.9. The number of hydrogen-bond donors (Lipinski definition) is 3. The van der Waals surface area contributed by atoms with Gasteiger partial charge in [0.15, 0.2) is 6.23 Å². The van der Waals surface area contributed by atoms with Crippen molar-refractivity contribution >= 4 is 36.0 Å². The van der Waals surface area contributed by atoms with Crippen molar-refractivity contribution in [1.82, 2.24) is 15.0 Å². The number of nitrogens with two attached hydrogens (primary N) is 1. The molecule has 1 fully saturated rings. The monoisotopic (exact) mass is 358 g/mol. The third-order valence-corrected chi connectivity index (χ3v) is 4.39. The molecule has 1 amide bonds. The van der Waals surface area contributed by atoms with Gasteiger partial charge in [-0.25, -0.2) is 9.25 Å². The Labute approximate surface area is 136 Å². The van der Waals surface area contributed by atoms with Gasteiger partial charge < -0.3 is 15.4 Å². The van der Waals surface area contributed by atoms with Crippen LogP contribution in [0.25, 0.3) is 11.0 Å². The summed E-state index contributed by atoms with van der Waals surface area (Å²) in [5.74, 6) is -0.575. The Morgan fingerprint density at radius 3 is 3.04 bits per heavy atom. The van der Waals surface area contributed by atoms with Gasteiger partial charge in [0.05, 0.1) is 23.8 Å². The summed E-state index contributed by atoms with van der Waals surface area (Å²) < 4.78 is 23.1. The molecular weight excluding hydrogens is 343 g/mol. The molecule has 0 aliphatic carbocycles. The molecule has 23 heavy (non-hydrogen) atoms. The predicted molar refractivity (Wildman–Crippen MR) is 84.0 cm³/mol. The molecule has 2 aromatic rings. The summed E-state index contributed by atoms with van der Waals surface area (Å²) in [5, 5.41) is 8.04. The van der Waals surface area contributed by atoms with Gasteiger partial charge >= 0.3 is 6.80 Å². The molecule has 124 valence electrons. The number of hydrogen-bond acceptors (Lipinski definition) is 6. The molecule has 1 saturated heterocycles. The van der Waals surface area contributed by atoms with E-state index in [1.807, 2.05) is 0 Å². The van der Waals surface area contributed by atoms with E-state index in [1.165, 1.54) is 0 Å². The first-order chi connectivity index (χ1) is 10.8.